The van der Waals surface area contributed by atoms with Crippen LogP contribution in [0, 0.1) is 0 Å². The van der Waals surface area contributed by atoms with Crippen molar-refractivity contribution in [3.05, 3.63) is 36.0 Å². The minimum absolute atomic E-state index is 1.12. The molecule has 1 aromatic carbocycles. The van der Waals surface area contributed by atoms with Crippen molar-refractivity contribution >= 4 is 17.1 Å². The zero-order valence-electron chi connectivity index (χ0n) is 11.7. The molecule has 19 heavy (non-hydrogen) atoms. The van der Waals surface area contributed by atoms with E-state index in [9.17, 15) is 0 Å². The third-order valence-electron chi connectivity index (χ3n) is 3.96. The van der Waals surface area contributed by atoms with E-state index in [1.807, 2.05) is 0 Å². The van der Waals surface area contributed by atoms with Gasteiger partial charge in [0.1, 0.15) is 0 Å². The molecular formula is C17H22N2. The Hall–Kier alpha value is -1.57. The number of unbranched alkanes of at least 4 members (excludes halogenated alkanes) is 2. The van der Waals surface area contributed by atoms with Crippen molar-refractivity contribution in [3.63, 3.8) is 0 Å². The molecule has 1 aliphatic heterocycles. The Morgan fingerprint density at radius 1 is 1.21 bits per heavy atom. The Labute approximate surface area is 115 Å². The Morgan fingerprint density at radius 2 is 2.11 bits per heavy atom. The van der Waals surface area contributed by atoms with Crippen molar-refractivity contribution in [3.8, 4) is 0 Å². The predicted octanol–water partition coefficient (Wildman–Crippen LogP) is 4.84. The van der Waals surface area contributed by atoms with E-state index < -0.39 is 0 Å². The van der Waals surface area contributed by atoms with Crippen LogP contribution in [-0.2, 0) is 0 Å². The molecule has 0 bridgehead atoms. The fraction of sp³-hybridized carbons (Fsp3) is 0.471. The number of hydrogen-bond acceptors (Lipinski definition) is 2. The van der Waals surface area contributed by atoms with Gasteiger partial charge in [0.15, 0.2) is 0 Å². The molecule has 1 aromatic rings. The van der Waals surface area contributed by atoms with E-state index in [1.165, 1.54) is 49.2 Å². The number of allylic oxidation sites excluding steroid dienone is 2. The van der Waals surface area contributed by atoms with Gasteiger partial charge in [0.2, 0.25) is 0 Å². The van der Waals surface area contributed by atoms with Crippen LogP contribution >= 0.6 is 0 Å². The minimum atomic E-state index is 1.12. The highest BCUT2D eigenvalue weighted by molar-refractivity contribution is 6.08. The first-order chi connectivity index (χ1) is 9.40. The first kappa shape index (κ1) is 12.5. The van der Waals surface area contributed by atoms with Crippen molar-refractivity contribution in [2.75, 3.05) is 11.4 Å². The molecule has 100 valence electrons. The van der Waals surface area contributed by atoms with Gasteiger partial charge in [-0.3, -0.25) is 0 Å². The molecule has 0 radical (unpaired) electrons. The Morgan fingerprint density at radius 3 is 3.00 bits per heavy atom. The zero-order chi connectivity index (χ0) is 13.1. The van der Waals surface area contributed by atoms with Crippen molar-refractivity contribution in [2.45, 2.75) is 45.4 Å². The summed E-state index contributed by atoms with van der Waals surface area (Å²) in [5.74, 6) is 0. The van der Waals surface area contributed by atoms with Crippen LogP contribution in [0.4, 0.5) is 11.4 Å². The Bertz CT molecular complexity index is 514. The summed E-state index contributed by atoms with van der Waals surface area (Å²) >= 11 is 0. The van der Waals surface area contributed by atoms with Crippen LogP contribution in [0.25, 0.3) is 0 Å². The highest BCUT2D eigenvalue weighted by atomic mass is 15.2. The quantitative estimate of drug-likeness (QED) is 0.702. The first-order valence-corrected chi connectivity index (χ1v) is 7.55. The number of para-hydroxylation sites is 2. The maximum absolute atomic E-state index is 4.85. The van der Waals surface area contributed by atoms with Crippen LogP contribution in [0.3, 0.4) is 0 Å². The monoisotopic (exact) mass is 254 g/mol. The summed E-state index contributed by atoms with van der Waals surface area (Å²) in [6.07, 6.45) is 9.78. The van der Waals surface area contributed by atoms with Gasteiger partial charge in [-0.1, -0.05) is 38.0 Å². The molecule has 3 rings (SSSR count). The SMILES string of the molecule is CCCCCN1C2=CCCCC2=Nc2ccccc21. The molecule has 0 spiro atoms. The third kappa shape index (κ3) is 2.44. The largest absolute Gasteiger partial charge is 0.339 e. The summed E-state index contributed by atoms with van der Waals surface area (Å²) in [4.78, 5) is 7.35. The molecular weight excluding hydrogens is 232 g/mol. The van der Waals surface area contributed by atoms with E-state index >= 15 is 0 Å². The van der Waals surface area contributed by atoms with Gasteiger partial charge >= 0.3 is 0 Å². The molecule has 0 atom stereocenters. The second-order valence-corrected chi connectivity index (χ2v) is 5.39. The number of aliphatic imine (C=N–C) groups is 1. The van der Waals surface area contributed by atoms with Crippen LogP contribution in [0.15, 0.2) is 41.0 Å². The lowest BCUT2D eigenvalue weighted by Crippen LogP contribution is -2.32. The van der Waals surface area contributed by atoms with Gasteiger partial charge in [-0.15, -0.1) is 0 Å². The fourth-order valence-electron chi connectivity index (χ4n) is 2.96. The normalized spacial score (nSPS) is 17.4. The molecule has 0 fully saturated rings. The Kier molecular flexibility index (Phi) is 3.67. The highest BCUT2D eigenvalue weighted by Crippen LogP contribution is 2.38. The summed E-state index contributed by atoms with van der Waals surface area (Å²) < 4.78 is 0. The average molecular weight is 254 g/mol. The molecule has 0 saturated carbocycles. The maximum atomic E-state index is 4.85. The van der Waals surface area contributed by atoms with Crippen molar-refractivity contribution in [1.29, 1.82) is 0 Å². The number of rotatable bonds is 4. The summed E-state index contributed by atoms with van der Waals surface area (Å²) in [5.41, 5.74) is 5.10. The van der Waals surface area contributed by atoms with Gasteiger partial charge in [0.25, 0.3) is 0 Å². The van der Waals surface area contributed by atoms with E-state index in [4.69, 9.17) is 4.99 Å². The summed E-state index contributed by atoms with van der Waals surface area (Å²) in [6.45, 7) is 3.38. The van der Waals surface area contributed by atoms with Gasteiger partial charge in [0, 0.05) is 6.54 Å². The van der Waals surface area contributed by atoms with E-state index in [0.717, 1.165) is 18.7 Å². The van der Waals surface area contributed by atoms with Crippen molar-refractivity contribution < 1.29 is 0 Å². The molecule has 0 unspecified atom stereocenters. The van der Waals surface area contributed by atoms with Gasteiger partial charge < -0.3 is 4.90 Å². The Balaban J connectivity index is 1.94. The van der Waals surface area contributed by atoms with E-state index in [-0.39, 0.29) is 0 Å². The molecule has 2 heteroatoms. The fourth-order valence-corrected chi connectivity index (χ4v) is 2.96. The van der Waals surface area contributed by atoms with Crippen LogP contribution in [0.5, 0.6) is 0 Å². The molecule has 2 nitrogen and oxygen atoms in total. The van der Waals surface area contributed by atoms with Crippen LogP contribution in [0.1, 0.15) is 45.4 Å². The third-order valence-corrected chi connectivity index (χ3v) is 3.96. The summed E-state index contributed by atoms with van der Waals surface area (Å²) in [5, 5.41) is 0. The van der Waals surface area contributed by atoms with Gasteiger partial charge in [-0.05, 0) is 37.8 Å². The van der Waals surface area contributed by atoms with Gasteiger partial charge in [-0.25, -0.2) is 4.99 Å². The molecule has 0 amide bonds. The van der Waals surface area contributed by atoms with Crippen LogP contribution in [0.2, 0.25) is 0 Å². The first-order valence-electron chi connectivity index (χ1n) is 7.55. The van der Waals surface area contributed by atoms with Crippen LogP contribution in [-0.4, -0.2) is 12.3 Å². The minimum Gasteiger partial charge on any atom is -0.339 e. The maximum Gasteiger partial charge on any atom is 0.0870 e. The van der Waals surface area contributed by atoms with Gasteiger partial charge in [-0.2, -0.15) is 0 Å². The molecule has 1 heterocycles. The van der Waals surface area contributed by atoms with Crippen molar-refractivity contribution in [2.24, 2.45) is 4.99 Å². The smallest absolute Gasteiger partial charge is 0.0870 e. The summed E-state index contributed by atoms with van der Waals surface area (Å²) in [6, 6.07) is 8.55. The lowest BCUT2D eigenvalue weighted by molar-refractivity contribution is 0.703. The second-order valence-electron chi connectivity index (χ2n) is 5.39. The van der Waals surface area contributed by atoms with E-state index in [0.29, 0.717) is 0 Å². The average Bonchev–Trinajstić information content (AvgIpc) is 2.46. The van der Waals surface area contributed by atoms with Gasteiger partial charge in [0.05, 0.1) is 22.8 Å². The lowest BCUT2D eigenvalue weighted by atomic mass is 9.98. The highest BCUT2D eigenvalue weighted by Gasteiger charge is 2.25. The molecule has 0 N–H and O–H groups in total. The standard InChI is InChI=1S/C17H22N2/c1-2-3-8-13-19-16-11-6-4-9-14(16)18-15-10-5-7-12-17(15)19/h4,6,9,11-12H,2-3,5,7-8,10,13H2,1H3. The number of anilines is 1. The topological polar surface area (TPSA) is 15.6 Å². The van der Waals surface area contributed by atoms with Crippen LogP contribution < -0.4 is 4.90 Å². The van der Waals surface area contributed by atoms with E-state index in [1.54, 1.807) is 0 Å². The molecule has 2 aliphatic rings. The van der Waals surface area contributed by atoms with Crippen molar-refractivity contribution in [1.82, 2.24) is 0 Å². The summed E-state index contributed by atoms with van der Waals surface area (Å²) in [7, 11) is 0. The number of benzene rings is 1. The molecule has 1 aliphatic carbocycles. The second kappa shape index (κ2) is 5.60. The van der Waals surface area contributed by atoms with E-state index in [2.05, 4.69) is 42.2 Å². The number of fused-ring (bicyclic) bond motifs is 2. The number of nitrogens with zero attached hydrogens (tertiary/aromatic N) is 2. The zero-order valence-corrected chi connectivity index (χ0v) is 11.7. The molecule has 0 aromatic heterocycles. The number of hydrogen-bond donors (Lipinski definition) is 0. The molecule has 0 saturated heterocycles. The predicted molar refractivity (Wildman–Crippen MR) is 82.3 cm³/mol. The lowest BCUT2D eigenvalue weighted by Gasteiger charge is -2.34.